The molecule has 0 saturated carbocycles. The van der Waals surface area contributed by atoms with E-state index in [2.05, 4.69) is 29.6 Å². The highest BCUT2D eigenvalue weighted by molar-refractivity contribution is 7.07. The highest BCUT2D eigenvalue weighted by Crippen LogP contribution is 2.25. The predicted octanol–water partition coefficient (Wildman–Crippen LogP) is 5.40. The summed E-state index contributed by atoms with van der Waals surface area (Å²) in [7, 11) is 1.69. The number of thiazole rings is 1. The second-order valence-corrected chi connectivity index (χ2v) is 8.28. The number of hydrogen-bond donors (Lipinski definition) is 0. The summed E-state index contributed by atoms with van der Waals surface area (Å²) in [6.45, 7) is 1.20. The first kappa shape index (κ1) is 20.1. The van der Waals surface area contributed by atoms with Crippen LogP contribution in [-0.2, 0) is 11.2 Å². The molecule has 0 N–H and O–H groups in total. The fraction of sp³-hybridized carbons (Fsp3) is 0.304. The molecule has 150 valence electrons. The Hall–Kier alpha value is -2.21. The molecule has 29 heavy (non-hydrogen) atoms. The fourth-order valence-corrected chi connectivity index (χ4v) is 4.53. The maximum Gasteiger partial charge on any atom is 0.206 e. The minimum absolute atomic E-state index is 0.591. The van der Waals surface area contributed by atoms with Crippen molar-refractivity contribution in [3.05, 3.63) is 74.9 Å². The number of ether oxygens (including phenoxy) is 1. The maximum absolute atomic E-state index is 6.09. The molecule has 0 atom stereocenters. The van der Waals surface area contributed by atoms with Crippen molar-refractivity contribution in [3.8, 4) is 11.3 Å². The second kappa shape index (κ2) is 9.53. The average Bonchev–Trinajstić information content (AvgIpc) is 3.01. The number of aryl methyl sites for hydroxylation is 1. The predicted molar refractivity (Wildman–Crippen MR) is 121 cm³/mol. The molecule has 4 rings (SSSR count). The third kappa shape index (κ3) is 4.69. The summed E-state index contributed by atoms with van der Waals surface area (Å²) >= 11 is 7.70. The minimum atomic E-state index is 0.591. The van der Waals surface area contributed by atoms with Crippen molar-refractivity contribution in [1.82, 2.24) is 4.68 Å². The van der Waals surface area contributed by atoms with E-state index < -0.39 is 0 Å². The van der Waals surface area contributed by atoms with E-state index in [0.717, 1.165) is 46.1 Å². The first-order chi connectivity index (χ1) is 14.3. The number of halogens is 1. The summed E-state index contributed by atoms with van der Waals surface area (Å²) in [6, 6.07) is 16.5. The molecule has 3 aromatic rings. The lowest BCUT2D eigenvalue weighted by Gasteiger charge is -2.10. The van der Waals surface area contributed by atoms with Gasteiger partial charge in [0.15, 0.2) is 0 Å². The Kier molecular flexibility index (Phi) is 6.60. The van der Waals surface area contributed by atoms with Gasteiger partial charge in [-0.1, -0.05) is 48.0 Å². The molecule has 0 saturated heterocycles. The number of hydrogen-bond acceptors (Lipinski definition) is 4. The van der Waals surface area contributed by atoms with E-state index in [9.17, 15) is 0 Å². The molecule has 1 heterocycles. The number of benzene rings is 2. The van der Waals surface area contributed by atoms with Crippen LogP contribution in [0.25, 0.3) is 11.3 Å². The topological polar surface area (TPSA) is 38.9 Å². The van der Waals surface area contributed by atoms with E-state index in [-0.39, 0.29) is 0 Å². The largest absolute Gasteiger partial charge is 0.383 e. The van der Waals surface area contributed by atoms with E-state index in [4.69, 9.17) is 26.4 Å². The Balaban J connectivity index is 1.85. The number of fused-ring (bicyclic) bond motifs is 1. The van der Waals surface area contributed by atoms with Gasteiger partial charge in [-0.2, -0.15) is 5.10 Å². The van der Waals surface area contributed by atoms with Gasteiger partial charge in [0.2, 0.25) is 4.80 Å². The zero-order valence-electron chi connectivity index (χ0n) is 16.5. The molecule has 1 aliphatic rings. The van der Waals surface area contributed by atoms with Crippen LogP contribution in [0.2, 0.25) is 5.02 Å². The van der Waals surface area contributed by atoms with E-state index in [1.807, 2.05) is 28.9 Å². The van der Waals surface area contributed by atoms with E-state index in [1.54, 1.807) is 18.4 Å². The van der Waals surface area contributed by atoms with Gasteiger partial charge < -0.3 is 4.74 Å². The number of nitrogens with zero attached hydrogens (tertiary/aromatic N) is 3. The molecular weight excluding hydrogens is 402 g/mol. The molecule has 6 heteroatoms. The van der Waals surface area contributed by atoms with E-state index >= 15 is 0 Å². The molecule has 0 aliphatic heterocycles. The van der Waals surface area contributed by atoms with Gasteiger partial charge in [0.05, 0.1) is 24.6 Å². The second-order valence-electron chi connectivity index (χ2n) is 7.01. The molecule has 0 radical (unpaired) electrons. The third-order valence-corrected chi connectivity index (χ3v) is 6.13. The summed E-state index contributed by atoms with van der Waals surface area (Å²) in [5, 5.41) is 7.97. The van der Waals surface area contributed by atoms with Crippen molar-refractivity contribution in [2.75, 3.05) is 20.3 Å². The lowest BCUT2D eigenvalue weighted by molar-refractivity contribution is 0.207. The Morgan fingerprint density at radius 1 is 1.07 bits per heavy atom. The van der Waals surface area contributed by atoms with Crippen LogP contribution in [0.5, 0.6) is 0 Å². The Morgan fingerprint density at radius 2 is 1.86 bits per heavy atom. The van der Waals surface area contributed by atoms with Crippen molar-refractivity contribution in [3.63, 3.8) is 0 Å². The molecule has 2 aromatic carbocycles. The first-order valence-corrected chi connectivity index (χ1v) is 11.1. The van der Waals surface area contributed by atoms with Crippen LogP contribution in [0.4, 0.5) is 0 Å². The maximum atomic E-state index is 6.09. The summed E-state index contributed by atoms with van der Waals surface area (Å²) in [4.78, 5) is 5.60. The van der Waals surface area contributed by atoms with Crippen LogP contribution >= 0.6 is 22.9 Å². The number of methoxy groups -OCH3 is 1. The van der Waals surface area contributed by atoms with Crippen LogP contribution in [0, 0.1) is 0 Å². The normalized spacial score (nSPS) is 16.1. The van der Waals surface area contributed by atoms with Gasteiger partial charge in [-0.15, -0.1) is 11.3 Å². The summed E-state index contributed by atoms with van der Waals surface area (Å²) < 4.78 is 7.16. The van der Waals surface area contributed by atoms with Crippen molar-refractivity contribution in [2.45, 2.75) is 25.7 Å². The number of aromatic nitrogens is 1. The zero-order valence-corrected chi connectivity index (χ0v) is 18.0. The van der Waals surface area contributed by atoms with E-state index in [1.165, 1.54) is 17.5 Å². The van der Waals surface area contributed by atoms with Crippen LogP contribution in [0.1, 0.15) is 30.4 Å². The highest BCUT2D eigenvalue weighted by Gasteiger charge is 2.15. The zero-order chi connectivity index (χ0) is 20.1. The van der Waals surface area contributed by atoms with Crippen LogP contribution < -0.4 is 4.80 Å². The van der Waals surface area contributed by atoms with Gasteiger partial charge in [-0.05, 0) is 43.4 Å². The van der Waals surface area contributed by atoms with E-state index in [0.29, 0.717) is 13.2 Å². The number of rotatable bonds is 5. The van der Waals surface area contributed by atoms with Gasteiger partial charge in [0, 0.05) is 28.6 Å². The van der Waals surface area contributed by atoms with Gasteiger partial charge in [0.1, 0.15) is 0 Å². The van der Waals surface area contributed by atoms with Crippen molar-refractivity contribution in [2.24, 2.45) is 10.1 Å². The molecule has 0 amide bonds. The fourth-order valence-electron chi connectivity index (χ4n) is 3.54. The molecule has 4 nitrogen and oxygen atoms in total. The monoisotopic (exact) mass is 425 g/mol. The standard InChI is InChI=1S/C23H24ClN3OS/c1-28-15-14-25-23-27(22(16-29-23)18-10-12-19(24)13-11-18)26-21-9-5-3-7-17-6-2-4-8-20(17)21/h2,4,6,8,10-13,16H,3,5,7,9,14-15H2,1H3. The van der Waals surface area contributed by atoms with Crippen molar-refractivity contribution < 1.29 is 4.74 Å². The lowest BCUT2D eigenvalue weighted by Crippen LogP contribution is -2.16. The highest BCUT2D eigenvalue weighted by atomic mass is 35.5. The van der Waals surface area contributed by atoms with Crippen LogP contribution in [0.15, 0.2) is 64.0 Å². The molecule has 0 spiro atoms. The summed E-state index contributed by atoms with van der Waals surface area (Å²) in [5.74, 6) is 0. The first-order valence-electron chi connectivity index (χ1n) is 9.88. The molecule has 1 aromatic heterocycles. The van der Waals surface area contributed by atoms with Crippen molar-refractivity contribution in [1.29, 1.82) is 0 Å². The molecule has 0 bridgehead atoms. The van der Waals surface area contributed by atoms with Gasteiger partial charge >= 0.3 is 0 Å². The molecular formula is C23H24ClN3OS. The van der Waals surface area contributed by atoms with Gasteiger partial charge in [0.25, 0.3) is 0 Å². The summed E-state index contributed by atoms with van der Waals surface area (Å²) in [5.41, 5.74) is 5.86. The quantitative estimate of drug-likeness (QED) is 0.398. The Labute approximate surface area is 180 Å². The SMILES string of the molecule is COCCN=c1scc(-c2ccc(Cl)cc2)n1N=C1CCCCc2ccccc21. The minimum Gasteiger partial charge on any atom is -0.383 e. The van der Waals surface area contributed by atoms with Gasteiger partial charge in [-0.3, -0.25) is 4.99 Å². The Bertz CT molecular complexity index is 1070. The third-order valence-electron chi connectivity index (χ3n) is 5.03. The molecule has 0 fully saturated rings. The van der Waals surface area contributed by atoms with Crippen molar-refractivity contribution >= 4 is 28.6 Å². The summed E-state index contributed by atoms with van der Waals surface area (Å²) in [6.07, 6.45) is 4.42. The van der Waals surface area contributed by atoms with Crippen LogP contribution in [0.3, 0.4) is 0 Å². The lowest BCUT2D eigenvalue weighted by atomic mass is 10.0. The van der Waals surface area contributed by atoms with Crippen LogP contribution in [-0.4, -0.2) is 30.6 Å². The Morgan fingerprint density at radius 3 is 2.69 bits per heavy atom. The molecule has 0 unspecified atom stereocenters. The average molecular weight is 426 g/mol. The molecule has 1 aliphatic carbocycles. The van der Waals surface area contributed by atoms with Gasteiger partial charge in [-0.25, -0.2) is 4.68 Å². The smallest absolute Gasteiger partial charge is 0.206 e.